The second kappa shape index (κ2) is 3.29. The van der Waals surface area contributed by atoms with Gasteiger partial charge >= 0.3 is 5.97 Å². The van der Waals surface area contributed by atoms with Gasteiger partial charge in [-0.1, -0.05) is 0 Å². The van der Waals surface area contributed by atoms with Gasteiger partial charge in [0.25, 0.3) is 0 Å². The number of furan rings is 1. The van der Waals surface area contributed by atoms with Crippen molar-refractivity contribution in [1.82, 2.24) is 0 Å². The Morgan fingerprint density at radius 2 is 2.36 bits per heavy atom. The number of fused-ring (bicyclic) bond motifs is 1. The smallest absolute Gasteiger partial charge is 0.374 e. The highest BCUT2D eigenvalue weighted by molar-refractivity contribution is 6.03. The van der Waals surface area contributed by atoms with Crippen LogP contribution in [0, 0.1) is 0 Å². The van der Waals surface area contributed by atoms with Gasteiger partial charge in [0.2, 0.25) is 5.76 Å². The van der Waals surface area contributed by atoms with Crippen LogP contribution in [0.5, 0.6) is 0 Å². The molecule has 0 aliphatic heterocycles. The number of hydrogen-bond acceptors (Lipinski definition) is 4. The summed E-state index contributed by atoms with van der Waals surface area (Å²) in [4.78, 5) is 22.6. The first kappa shape index (κ1) is 8.99. The molecule has 0 amide bonds. The Hall–Kier alpha value is -1.58. The van der Waals surface area contributed by atoms with E-state index in [0.29, 0.717) is 30.6 Å². The van der Waals surface area contributed by atoms with Crippen LogP contribution in [0.25, 0.3) is 0 Å². The van der Waals surface area contributed by atoms with E-state index in [9.17, 15) is 9.59 Å². The molecule has 0 unspecified atom stereocenters. The van der Waals surface area contributed by atoms with E-state index >= 15 is 0 Å². The number of hydrogen-bond donors (Lipinski definition) is 0. The largest absolute Gasteiger partial charge is 0.460 e. The van der Waals surface area contributed by atoms with Crippen LogP contribution in [0.15, 0.2) is 10.7 Å². The first-order valence-electron chi connectivity index (χ1n) is 4.54. The molecule has 0 spiro atoms. The van der Waals surface area contributed by atoms with Crippen molar-refractivity contribution in [3.63, 3.8) is 0 Å². The van der Waals surface area contributed by atoms with Crippen LogP contribution in [-0.2, 0) is 11.2 Å². The summed E-state index contributed by atoms with van der Waals surface area (Å²) in [6.07, 6.45) is 2.39. The molecule has 0 N–H and O–H groups in total. The van der Waals surface area contributed by atoms with Crippen molar-refractivity contribution in [2.75, 3.05) is 6.61 Å². The Morgan fingerprint density at radius 1 is 1.57 bits per heavy atom. The van der Waals surface area contributed by atoms with Crippen LogP contribution >= 0.6 is 0 Å². The highest BCUT2D eigenvalue weighted by atomic mass is 16.5. The molecule has 1 aliphatic carbocycles. The van der Waals surface area contributed by atoms with E-state index in [-0.39, 0.29) is 11.5 Å². The van der Waals surface area contributed by atoms with Crippen molar-refractivity contribution in [2.45, 2.75) is 19.8 Å². The molecule has 0 bridgehead atoms. The second-order valence-electron chi connectivity index (χ2n) is 3.10. The lowest BCUT2D eigenvalue weighted by atomic mass is 10.2. The predicted octanol–water partition coefficient (Wildman–Crippen LogP) is 1.59. The molecule has 1 heterocycles. The summed E-state index contributed by atoms with van der Waals surface area (Å²) in [5, 5.41) is 0. The lowest BCUT2D eigenvalue weighted by molar-refractivity contribution is 0.0488. The molecule has 0 fully saturated rings. The van der Waals surface area contributed by atoms with E-state index in [1.165, 1.54) is 6.26 Å². The molecule has 0 aromatic carbocycles. The zero-order valence-corrected chi connectivity index (χ0v) is 7.83. The first-order valence-corrected chi connectivity index (χ1v) is 4.54. The van der Waals surface area contributed by atoms with Crippen LogP contribution < -0.4 is 0 Å². The molecule has 74 valence electrons. The van der Waals surface area contributed by atoms with Gasteiger partial charge in [0.05, 0.1) is 12.2 Å². The monoisotopic (exact) mass is 194 g/mol. The molecular weight excluding hydrogens is 184 g/mol. The molecule has 0 saturated carbocycles. The van der Waals surface area contributed by atoms with E-state index in [4.69, 9.17) is 9.15 Å². The summed E-state index contributed by atoms with van der Waals surface area (Å²) in [6, 6.07) is 0. The Morgan fingerprint density at radius 3 is 3.07 bits per heavy atom. The number of rotatable bonds is 2. The van der Waals surface area contributed by atoms with Crippen molar-refractivity contribution >= 4 is 11.8 Å². The van der Waals surface area contributed by atoms with Crippen LogP contribution in [0.4, 0.5) is 0 Å². The van der Waals surface area contributed by atoms with Gasteiger partial charge in [-0.05, 0) is 13.3 Å². The van der Waals surface area contributed by atoms with Crippen molar-refractivity contribution in [3.8, 4) is 0 Å². The molecule has 1 aromatic heterocycles. The normalized spacial score (nSPS) is 14.2. The predicted molar refractivity (Wildman–Crippen MR) is 47.3 cm³/mol. The minimum atomic E-state index is -0.483. The van der Waals surface area contributed by atoms with Gasteiger partial charge in [0.1, 0.15) is 6.26 Å². The van der Waals surface area contributed by atoms with Gasteiger partial charge in [-0.15, -0.1) is 0 Å². The van der Waals surface area contributed by atoms with E-state index in [1.807, 2.05) is 0 Å². The summed E-state index contributed by atoms with van der Waals surface area (Å²) in [5.74, 6) is -0.254. The molecule has 0 atom stereocenters. The molecule has 1 aromatic rings. The van der Waals surface area contributed by atoms with E-state index in [0.717, 1.165) is 0 Å². The third-order valence-corrected chi connectivity index (χ3v) is 2.26. The number of ether oxygens (including phenoxy) is 1. The number of carbonyl (C=O) groups excluding carboxylic acids is 2. The van der Waals surface area contributed by atoms with Gasteiger partial charge in [0.15, 0.2) is 5.78 Å². The van der Waals surface area contributed by atoms with Gasteiger partial charge < -0.3 is 9.15 Å². The second-order valence-corrected chi connectivity index (χ2v) is 3.10. The molecule has 4 nitrogen and oxygen atoms in total. The minimum absolute atomic E-state index is 0.0410. The topological polar surface area (TPSA) is 56.5 Å². The van der Waals surface area contributed by atoms with E-state index < -0.39 is 5.97 Å². The molecule has 4 heteroatoms. The number of Topliss-reactive ketones (excluding diaryl/α,β-unsaturated/α-hetero) is 1. The minimum Gasteiger partial charge on any atom is -0.460 e. The Kier molecular flexibility index (Phi) is 2.11. The SMILES string of the molecule is CCOC(=O)c1occ2c1CCC2=O. The fourth-order valence-electron chi connectivity index (χ4n) is 1.61. The van der Waals surface area contributed by atoms with Gasteiger partial charge in [-0.25, -0.2) is 4.79 Å². The van der Waals surface area contributed by atoms with E-state index in [2.05, 4.69) is 0 Å². The molecule has 2 rings (SSSR count). The highest BCUT2D eigenvalue weighted by Gasteiger charge is 2.29. The lowest BCUT2D eigenvalue weighted by Crippen LogP contribution is -2.05. The summed E-state index contributed by atoms with van der Waals surface area (Å²) in [6.45, 7) is 2.04. The molecule has 0 radical (unpaired) electrons. The number of ketones is 1. The third kappa shape index (κ3) is 1.23. The maximum Gasteiger partial charge on any atom is 0.374 e. The van der Waals surface area contributed by atoms with Crippen LogP contribution in [0.3, 0.4) is 0 Å². The Balaban J connectivity index is 2.33. The molecular formula is C10H10O4. The van der Waals surface area contributed by atoms with Gasteiger partial charge in [-0.2, -0.15) is 0 Å². The van der Waals surface area contributed by atoms with Gasteiger partial charge in [-0.3, -0.25) is 4.79 Å². The zero-order chi connectivity index (χ0) is 10.1. The van der Waals surface area contributed by atoms with Crippen molar-refractivity contribution in [1.29, 1.82) is 0 Å². The van der Waals surface area contributed by atoms with Crippen LogP contribution in [0.1, 0.15) is 39.8 Å². The maximum absolute atomic E-state index is 11.3. The number of carbonyl (C=O) groups is 2. The Bertz CT molecular complexity index is 389. The van der Waals surface area contributed by atoms with Crippen LogP contribution in [-0.4, -0.2) is 18.4 Å². The van der Waals surface area contributed by atoms with Crippen LogP contribution in [0.2, 0.25) is 0 Å². The first-order chi connectivity index (χ1) is 6.74. The van der Waals surface area contributed by atoms with Crippen molar-refractivity contribution in [2.24, 2.45) is 0 Å². The third-order valence-electron chi connectivity index (χ3n) is 2.26. The summed E-state index contributed by atoms with van der Waals surface area (Å²) < 4.78 is 9.83. The molecule has 0 saturated heterocycles. The van der Waals surface area contributed by atoms with E-state index in [1.54, 1.807) is 6.92 Å². The molecule has 1 aliphatic rings. The fourth-order valence-corrected chi connectivity index (χ4v) is 1.61. The molecule has 14 heavy (non-hydrogen) atoms. The van der Waals surface area contributed by atoms with Gasteiger partial charge in [0, 0.05) is 12.0 Å². The summed E-state index contributed by atoms with van der Waals surface area (Å²) >= 11 is 0. The fraction of sp³-hybridized carbons (Fsp3) is 0.400. The van der Waals surface area contributed by atoms with Crippen molar-refractivity contribution in [3.05, 3.63) is 23.2 Å². The van der Waals surface area contributed by atoms with Crippen molar-refractivity contribution < 1.29 is 18.7 Å². The Labute approximate surface area is 80.8 Å². The summed E-state index contributed by atoms with van der Waals surface area (Å²) in [7, 11) is 0. The maximum atomic E-state index is 11.3. The summed E-state index contributed by atoms with van der Waals surface area (Å²) in [5.41, 5.74) is 1.24. The quantitative estimate of drug-likeness (QED) is 0.671. The zero-order valence-electron chi connectivity index (χ0n) is 7.83. The number of esters is 1. The average molecular weight is 194 g/mol. The highest BCUT2D eigenvalue weighted by Crippen LogP contribution is 2.27. The standard InChI is InChI=1S/C10H10O4/c1-2-13-10(12)9-6-3-4-8(11)7(6)5-14-9/h5H,2-4H2,1H3. The average Bonchev–Trinajstić information content (AvgIpc) is 2.69. The lowest BCUT2D eigenvalue weighted by Gasteiger charge is -1.98.